The zero-order chi connectivity index (χ0) is 36.6. The molecule has 0 aliphatic heterocycles. The lowest BCUT2D eigenvalue weighted by molar-refractivity contribution is -0.143. The molecule has 0 bridgehead atoms. The lowest BCUT2D eigenvalue weighted by atomic mass is 9.97. The van der Waals surface area contributed by atoms with Crippen molar-refractivity contribution in [1.29, 1.82) is 0 Å². The number of carboxylic acid groups (broad SMARTS) is 1. The van der Waals surface area contributed by atoms with E-state index in [2.05, 4.69) is 21.3 Å². The van der Waals surface area contributed by atoms with E-state index in [0.717, 1.165) is 16.7 Å². The molecule has 0 aliphatic carbocycles. The summed E-state index contributed by atoms with van der Waals surface area (Å²) in [7, 11) is 0. The highest BCUT2D eigenvalue weighted by Crippen LogP contribution is 2.12. The lowest BCUT2D eigenvalue weighted by Crippen LogP contribution is -2.59. The Balaban J connectivity index is 1.86. The van der Waals surface area contributed by atoms with Crippen molar-refractivity contribution in [3.63, 3.8) is 0 Å². The van der Waals surface area contributed by atoms with Gasteiger partial charge in [-0.3, -0.25) is 19.2 Å². The van der Waals surface area contributed by atoms with Crippen molar-refractivity contribution in [3.8, 4) is 0 Å². The summed E-state index contributed by atoms with van der Waals surface area (Å²) in [6.45, 7) is 7.40. The van der Waals surface area contributed by atoms with Crippen LogP contribution in [0, 0.1) is 11.8 Å². The van der Waals surface area contributed by atoms with Crippen molar-refractivity contribution in [1.82, 2.24) is 21.3 Å². The summed E-state index contributed by atoms with van der Waals surface area (Å²) in [6.07, 6.45) is 1.28. The molecule has 7 N–H and O–H groups in total. The van der Waals surface area contributed by atoms with Gasteiger partial charge in [-0.2, -0.15) is 0 Å². The van der Waals surface area contributed by atoms with Gasteiger partial charge >= 0.3 is 5.97 Å². The van der Waals surface area contributed by atoms with E-state index in [9.17, 15) is 29.1 Å². The molecule has 0 saturated heterocycles. The molecule has 0 aromatic heterocycles. The Hall–Kier alpha value is -5.03. The number of benzene rings is 3. The van der Waals surface area contributed by atoms with Crippen LogP contribution in [0.3, 0.4) is 0 Å². The maximum absolute atomic E-state index is 14.0. The van der Waals surface area contributed by atoms with Gasteiger partial charge in [0.2, 0.25) is 23.6 Å². The van der Waals surface area contributed by atoms with Crippen LogP contribution < -0.4 is 27.0 Å². The summed E-state index contributed by atoms with van der Waals surface area (Å²) in [5, 5.41) is 20.8. The maximum Gasteiger partial charge on any atom is 0.326 e. The van der Waals surface area contributed by atoms with Crippen LogP contribution >= 0.6 is 0 Å². The summed E-state index contributed by atoms with van der Waals surface area (Å²) < 4.78 is 0. The van der Waals surface area contributed by atoms with Gasteiger partial charge in [0.1, 0.15) is 24.2 Å². The second kappa shape index (κ2) is 19.8. The van der Waals surface area contributed by atoms with E-state index >= 15 is 0 Å². The zero-order valence-corrected chi connectivity index (χ0v) is 29.3. The third-order valence-electron chi connectivity index (χ3n) is 8.58. The van der Waals surface area contributed by atoms with E-state index in [1.165, 1.54) is 0 Å². The third-order valence-corrected chi connectivity index (χ3v) is 8.58. The molecular weight excluding hydrogens is 634 g/mol. The molecule has 3 aromatic carbocycles. The van der Waals surface area contributed by atoms with Crippen LogP contribution in [-0.4, -0.2) is 64.9 Å². The number of nitrogens with one attached hydrogen (secondary N) is 4. The Morgan fingerprint density at radius 3 is 1.36 bits per heavy atom. The molecule has 6 atom stereocenters. The second-order valence-electron chi connectivity index (χ2n) is 13.2. The Morgan fingerprint density at radius 2 is 0.960 bits per heavy atom. The topological polar surface area (TPSA) is 180 Å². The largest absolute Gasteiger partial charge is 0.480 e. The van der Waals surface area contributed by atoms with Gasteiger partial charge in [-0.1, -0.05) is 125 Å². The van der Waals surface area contributed by atoms with Crippen LogP contribution in [0.5, 0.6) is 0 Å². The molecule has 11 heteroatoms. The van der Waals surface area contributed by atoms with Gasteiger partial charge in [0, 0.05) is 12.8 Å². The molecule has 0 unspecified atom stereocenters. The molecule has 50 heavy (non-hydrogen) atoms. The average molecular weight is 686 g/mol. The fourth-order valence-electron chi connectivity index (χ4n) is 5.54. The molecule has 0 radical (unpaired) electrons. The van der Waals surface area contributed by atoms with Crippen molar-refractivity contribution in [2.75, 3.05) is 0 Å². The van der Waals surface area contributed by atoms with Crippen LogP contribution in [0.25, 0.3) is 0 Å². The van der Waals surface area contributed by atoms with Gasteiger partial charge in [0.25, 0.3) is 0 Å². The van der Waals surface area contributed by atoms with E-state index in [1.807, 2.05) is 87.5 Å². The monoisotopic (exact) mass is 685 g/mol. The second-order valence-corrected chi connectivity index (χ2v) is 13.2. The maximum atomic E-state index is 14.0. The number of amides is 4. The van der Waals surface area contributed by atoms with Gasteiger partial charge in [-0.05, 0) is 41.4 Å². The van der Waals surface area contributed by atoms with Gasteiger partial charge in [-0.25, -0.2) is 4.79 Å². The van der Waals surface area contributed by atoms with Gasteiger partial charge in [0.05, 0.1) is 6.04 Å². The van der Waals surface area contributed by atoms with Crippen molar-refractivity contribution in [2.24, 2.45) is 17.6 Å². The zero-order valence-electron chi connectivity index (χ0n) is 29.3. The first-order valence-electron chi connectivity index (χ1n) is 17.2. The number of nitrogens with two attached hydrogens (primary N) is 1. The number of hydrogen-bond acceptors (Lipinski definition) is 6. The summed E-state index contributed by atoms with van der Waals surface area (Å²) in [4.78, 5) is 66.7. The smallest absolute Gasteiger partial charge is 0.326 e. The van der Waals surface area contributed by atoms with Crippen LogP contribution in [0.15, 0.2) is 91.0 Å². The summed E-state index contributed by atoms with van der Waals surface area (Å²) in [5.74, 6) is -3.86. The fourth-order valence-corrected chi connectivity index (χ4v) is 5.54. The lowest BCUT2D eigenvalue weighted by Gasteiger charge is -2.28. The molecule has 0 saturated carbocycles. The summed E-state index contributed by atoms with van der Waals surface area (Å²) >= 11 is 0. The average Bonchev–Trinajstić information content (AvgIpc) is 3.10. The van der Waals surface area contributed by atoms with Gasteiger partial charge in [-0.15, -0.1) is 0 Å². The van der Waals surface area contributed by atoms with E-state index < -0.39 is 59.8 Å². The standard InChI is InChI=1S/C39H51N5O6/c1-5-26(4)34(39(49)50)44-38(48)33(24-29-19-13-8-14-20-29)43-37(47)32(23-28-17-11-7-12-18-28)42-36(46)31(21-25(2)3)41-35(45)30(40)22-27-15-9-6-10-16-27/h6-20,25-26,30-34H,5,21-24,40H2,1-4H3,(H,41,45)(H,42,46)(H,43,47)(H,44,48)(H,49,50)/t26-,30-,31-,32-,33-,34-/m0/s1. The first-order chi connectivity index (χ1) is 23.9. The van der Waals surface area contributed by atoms with Gasteiger partial charge in [0.15, 0.2) is 0 Å². The van der Waals surface area contributed by atoms with Crippen molar-refractivity contribution in [2.45, 2.75) is 90.0 Å². The number of rotatable bonds is 19. The van der Waals surface area contributed by atoms with Crippen LogP contribution in [0.4, 0.5) is 0 Å². The Morgan fingerprint density at radius 1 is 0.580 bits per heavy atom. The minimum absolute atomic E-state index is 0.0180. The van der Waals surface area contributed by atoms with Crippen molar-refractivity contribution in [3.05, 3.63) is 108 Å². The molecule has 0 fully saturated rings. The SMILES string of the molecule is CC[C@H](C)[C@H](NC(=O)[C@H](Cc1ccccc1)NC(=O)[C@H](Cc1ccccc1)NC(=O)[C@H](CC(C)C)NC(=O)[C@@H](N)Cc1ccccc1)C(=O)O. The van der Waals surface area contributed by atoms with Gasteiger partial charge < -0.3 is 32.1 Å². The van der Waals surface area contributed by atoms with E-state index in [-0.39, 0.29) is 31.1 Å². The van der Waals surface area contributed by atoms with Crippen LogP contribution in [0.2, 0.25) is 0 Å². The molecule has 3 rings (SSSR count). The molecule has 3 aromatic rings. The summed E-state index contributed by atoms with van der Waals surface area (Å²) in [5.41, 5.74) is 8.61. The number of carbonyl (C=O) groups excluding carboxylic acids is 4. The molecule has 268 valence electrons. The molecule has 11 nitrogen and oxygen atoms in total. The van der Waals surface area contributed by atoms with Crippen LogP contribution in [0.1, 0.15) is 57.2 Å². The molecule has 4 amide bonds. The van der Waals surface area contributed by atoms with Crippen LogP contribution in [-0.2, 0) is 43.2 Å². The van der Waals surface area contributed by atoms with E-state index in [0.29, 0.717) is 12.8 Å². The predicted octanol–water partition coefficient (Wildman–Crippen LogP) is 3.16. The number of aliphatic carboxylic acids is 1. The Bertz CT molecular complexity index is 1540. The Labute approximate surface area is 294 Å². The molecule has 0 spiro atoms. The molecule has 0 heterocycles. The van der Waals surface area contributed by atoms with E-state index in [1.54, 1.807) is 31.2 Å². The highest BCUT2D eigenvalue weighted by atomic mass is 16.4. The highest BCUT2D eigenvalue weighted by molar-refractivity contribution is 5.95. The minimum atomic E-state index is -1.17. The molecule has 0 aliphatic rings. The minimum Gasteiger partial charge on any atom is -0.480 e. The predicted molar refractivity (Wildman–Crippen MR) is 193 cm³/mol. The van der Waals surface area contributed by atoms with Crippen molar-refractivity contribution >= 4 is 29.6 Å². The normalized spacial score (nSPS) is 14.7. The van der Waals surface area contributed by atoms with Crippen molar-refractivity contribution < 1.29 is 29.1 Å². The summed E-state index contributed by atoms with van der Waals surface area (Å²) in [6, 6.07) is 22.2. The molecular formula is C39H51N5O6. The number of carbonyl (C=O) groups is 5. The third kappa shape index (κ3) is 12.8. The Kier molecular flexibility index (Phi) is 15.6. The highest BCUT2D eigenvalue weighted by Gasteiger charge is 2.33. The first kappa shape index (κ1) is 39.4. The quantitative estimate of drug-likeness (QED) is 0.112. The number of hydrogen-bond donors (Lipinski definition) is 6. The first-order valence-corrected chi connectivity index (χ1v) is 17.2. The fraction of sp³-hybridized carbons (Fsp3) is 0.410. The van der Waals surface area contributed by atoms with E-state index in [4.69, 9.17) is 5.73 Å². The number of carboxylic acids is 1.